The Hall–Kier alpha value is -1.68. The standard InChI is InChI=1S/C14H18N2O2/c1-14(2,8-15-3)13(18)9-4-5-11-10(6-9)7-12(17)16-11/h4-6,15H,7-8H2,1-3H3,(H,16,17). The third-order valence-electron chi connectivity index (χ3n) is 3.23. The van der Waals surface area contributed by atoms with Crippen molar-refractivity contribution in [2.45, 2.75) is 20.3 Å². The minimum absolute atomic E-state index is 0.0101. The van der Waals surface area contributed by atoms with E-state index in [1.165, 1.54) is 0 Å². The van der Waals surface area contributed by atoms with Crippen molar-refractivity contribution in [1.29, 1.82) is 0 Å². The van der Waals surface area contributed by atoms with Gasteiger partial charge in [-0.1, -0.05) is 13.8 Å². The van der Waals surface area contributed by atoms with Crippen molar-refractivity contribution in [2.24, 2.45) is 5.41 Å². The lowest BCUT2D eigenvalue weighted by Crippen LogP contribution is -2.34. The number of rotatable bonds is 4. The normalized spacial score (nSPS) is 14.3. The number of benzene rings is 1. The van der Waals surface area contributed by atoms with E-state index in [9.17, 15) is 9.59 Å². The number of hydrogen-bond donors (Lipinski definition) is 2. The fraction of sp³-hybridized carbons (Fsp3) is 0.429. The van der Waals surface area contributed by atoms with Gasteiger partial charge in [0.1, 0.15) is 0 Å². The van der Waals surface area contributed by atoms with Crippen molar-refractivity contribution in [1.82, 2.24) is 5.32 Å². The summed E-state index contributed by atoms with van der Waals surface area (Å²) in [6.07, 6.45) is 0.364. The van der Waals surface area contributed by atoms with Gasteiger partial charge in [0.2, 0.25) is 5.91 Å². The molecule has 1 aliphatic heterocycles. The molecule has 2 N–H and O–H groups in total. The van der Waals surface area contributed by atoms with Crippen LogP contribution in [0, 0.1) is 5.41 Å². The molecular formula is C14H18N2O2. The topological polar surface area (TPSA) is 58.2 Å². The average Bonchev–Trinajstić information content (AvgIpc) is 2.66. The first-order valence-electron chi connectivity index (χ1n) is 6.06. The fourth-order valence-electron chi connectivity index (χ4n) is 2.28. The Bertz CT molecular complexity index is 507. The maximum atomic E-state index is 12.4. The number of fused-ring (bicyclic) bond motifs is 1. The second-order valence-electron chi connectivity index (χ2n) is 5.34. The first kappa shape index (κ1) is 12.8. The van der Waals surface area contributed by atoms with Gasteiger partial charge in [0, 0.05) is 23.2 Å². The Labute approximate surface area is 107 Å². The smallest absolute Gasteiger partial charge is 0.228 e. The van der Waals surface area contributed by atoms with Gasteiger partial charge >= 0.3 is 0 Å². The van der Waals surface area contributed by atoms with Gasteiger partial charge in [-0.05, 0) is 30.8 Å². The number of ketones is 1. The fourth-order valence-corrected chi connectivity index (χ4v) is 2.28. The van der Waals surface area contributed by atoms with E-state index in [0.29, 0.717) is 18.5 Å². The number of anilines is 1. The molecule has 4 nitrogen and oxygen atoms in total. The summed E-state index contributed by atoms with van der Waals surface area (Å²) in [4.78, 5) is 23.7. The van der Waals surface area contributed by atoms with Crippen LogP contribution in [0.2, 0.25) is 0 Å². The van der Waals surface area contributed by atoms with E-state index in [-0.39, 0.29) is 11.7 Å². The van der Waals surface area contributed by atoms with Crippen molar-refractivity contribution < 1.29 is 9.59 Å². The van der Waals surface area contributed by atoms with E-state index in [1.54, 1.807) is 6.07 Å². The summed E-state index contributed by atoms with van der Waals surface area (Å²) in [7, 11) is 1.83. The number of carbonyl (C=O) groups excluding carboxylic acids is 2. The molecule has 0 spiro atoms. The summed E-state index contributed by atoms with van der Waals surface area (Å²) in [5.74, 6) is 0.0862. The van der Waals surface area contributed by atoms with E-state index in [1.807, 2.05) is 33.0 Å². The summed E-state index contributed by atoms with van der Waals surface area (Å²) in [6.45, 7) is 4.46. The molecule has 4 heteroatoms. The van der Waals surface area contributed by atoms with Crippen LogP contribution in [0.25, 0.3) is 0 Å². The lowest BCUT2D eigenvalue weighted by Gasteiger charge is -2.22. The molecule has 96 valence electrons. The zero-order valence-corrected chi connectivity index (χ0v) is 11.0. The molecular weight excluding hydrogens is 228 g/mol. The van der Waals surface area contributed by atoms with Gasteiger partial charge in [-0.25, -0.2) is 0 Å². The van der Waals surface area contributed by atoms with E-state index in [0.717, 1.165) is 11.3 Å². The Balaban J connectivity index is 2.28. The molecule has 0 aliphatic carbocycles. The van der Waals surface area contributed by atoms with Crippen LogP contribution in [0.5, 0.6) is 0 Å². The molecule has 0 saturated heterocycles. The second-order valence-corrected chi connectivity index (χ2v) is 5.34. The molecule has 0 saturated carbocycles. The average molecular weight is 246 g/mol. The van der Waals surface area contributed by atoms with Crippen molar-refractivity contribution in [3.8, 4) is 0 Å². The molecule has 0 aromatic heterocycles. The molecule has 0 radical (unpaired) electrons. The highest BCUT2D eigenvalue weighted by molar-refractivity contribution is 6.04. The van der Waals surface area contributed by atoms with Crippen molar-refractivity contribution in [3.63, 3.8) is 0 Å². The Morgan fingerprint density at radius 1 is 1.44 bits per heavy atom. The quantitative estimate of drug-likeness (QED) is 0.793. The van der Waals surface area contributed by atoms with Crippen LogP contribution in [0.1, 0.15) is 29.8 Å². The first-order valence-corrected chi connectivity index (χ1v) is 6.06. The summed E-state index contributed by atoms with van der Waals surface area (Å²) in [6, 6.07) is 5.42. The van der Waals surface area contributed by atoms with Gasteiger partial charge < -0.3 is 10.6 Å². The SMILES string of the molecule is CNCC(C)(C)C(=O)c1ccc2c(c1)CC(=O)N2. The van der Waals surface area contributed by atoms with Gasteiger partial charge in [0.05, 0.1) is 6.42 Å². The van der Waals surface area contributed by atoms with E-state index in [2.05, 4.69) is 10.6 Å². The molecule has 1 heterocycles. The van der Waals surface area contributed by atoms with Crippen LogP contribution in [0.3, 0.4) is 0 Å². The van der Waals surface area contributed by atoms with Gasteiger partial charge in [-0.15, -0.1) is 0 Å². The first-order chi connectivity index (χ1) is 8.44. The molecule has 1 aromatic rings. The molecule has 0 fully saturated rings. The molecule has 18 heavy (non-hydrogen) atoms. The Morgan fingerprint density at radius 3 is 2.83 bits per heavy atom. The Morgan fingerprint density at radius 2 is 2.17 bits per heavy atom. The van der Waals surface area contributed by atoms with Crippen LogP contribution >= 0.6 is 0 Å². The maximum absolute atomic E-state index is 12.4. The van der Waals surface area contributed by atoms with Gasteiger partial charge in [0.15, 0.2) is 5.78 Å². The minimum atomic E-state index is -0.445. The number of hydrogen-bond acceptors (Lipinski definition) is 3. The highest BCUT2D eigenvalue weighted by Gasteiger charge is 2.29. The van der Waals surface area contributed by atoms with Crippen molar-refractivity contribution in [2.75, 3.05) is 18.9 Å². The maximum Gasteiger partial charge on any atom is 0.228 e. The zero-order valence-electron chi connectivity index (χ0n) is 11.0. The number of Topliss-reactive ketones (excluding diaryl/α,β-unsaturated/α-hetero) is 1. The molecule has 1 aromatic carbocycles. The number of carbonyl (C=O) groups is 2. The number of amides is 1. The molecule has 0 unspecified atom stereocenters. The summed E-state index contributed by atoms with van der Waals surface area (Å²) >= 11 is 0. The monoisotopic (exact) mass is 246 g/mol. The van der Waals surface area contributed by atoms with Gasteiger partial charge in [-0.3, -0.25) is 9.59 Å². The predicted octanol–water partition coefficient (Wildman–Crippen LogP) is 1.61. The van der Waals surface area contributed by atoms with Crippen molar-refractivity contribution in [3.05, 3.63) is 29.3 Å². The summed E-state index contributed by atoms with van der Waals surface area (Å²) in [5, 5.41) is 5.80. The minimum Gasteiger partial charge on any atom is -0.326 e. The predicted molar refractivity (Wildman–Crippen MR) is 70.8 cm³/mol. The second kappa shape index (κ2) is 4.53. The molecule has 1 aliphatic rings. The number of nitrogens with one attached hydrogen (secondary N) is 2. The summed E-state index contributed by atoms with van der Waals surface area (Å²) in [5.41, 5.74) is 1.96. The molecule has 2 rings (SSSR count). The third kappa shape index (κ3) is 2.29. The van der Waals surface area contributed by atoms with Crippen LogP contribution in [0.15, 0.2) is 18.2 Å². The molecule has 0 bridgehead atoms. The van der Waals surface area contributed by atoms with E-state index in [4.69, 9.17) is 0 Å². The third-order valence-corrected chi connectivity index (χ3v) is 3.23. The van der Waals surface area contributed by atoms with Gasteiger partial charge in [-0.2, -0.15) is 0 Å². The van der Waals surface area contributed by atoms with Crippen LogP contribution in [-0.2, 0) is 11.2 Å². The molecule has 1 amide bonds. The molecule has 0 atom stereocenters. The zero-order chi connectivity index (χ0) is 13.3. The van der Waals surface area contributed by atoms with Crippen LogP contribution in [-0.4, -0.2) is 25.3 Å². The summed E-state index contributed by atoms with van der Waals surface area (Å²) < 4.78 is 0. The Kier molecular flexibility index (Phi) is 3.22. The van der Waals surface area contributed by atoms with E-state index < -0.39 is 5.41 Å². The van der Waals surface area contributed by atoms with Crippen LogP contribution < -0.4 is 10.6 Å². The lowest BCUT2D eigenvalue weighted by atomic mass is 9.83. The largest absolute Gasteiger partial charge is 0.326 e. The van der Waals surface area contributed by atoms with Gasteiger partial charge in [0.25, 0.3) is 0 Å². The highest BCUT2D eigenvalue weighted by Crippen LogP contribution is 2.27. The van der Waals surface area contributed by atoms with E-state index >= 15 is 0 Å². The van der Waals surface area contributed by atoms with Crippen molar-refractivity contribution >= 4 is 17.4 Å². The lowest BCUT2D eigenvalue weighted by molar-refractivity contribution is -0.115. The van der Waals surface area contributed by atoms with Crippen LogP contribution in [0.4, 0.5) is 5.69 Å². The highest BCUT2D eigenvalue weighted by atomic mass is 16.1.